The Kier molecular flexibility index (Phi) is 5.98. The second-order valence-corrected chi connectivity index (χ2v) is 5.73. The molecule has 0 unspecified atom stereocenters. The standard InChI is InChI=1S/C17H25N3O3/c1-5-14(6-2)11-23-16-9-15-10-19(7-8-20(15)18-16)17(21)12-22-13(3)4/h5-6,9,13H,1,7-8,10-12H2,2-4H3/b14-6+. The summed E-state index contributed by atoms with van der Waals surface area (Å²) >= 11 is 0. The van der Waals surface area contributed by atoms with Crippen LogP contribution < -0.4 is 4.74 Å². The van der Waals surface area contributed by atoms with Crippen molar-refractivity contribution < 1.29 is 14.3 Å². The van der Waals surface area contributed by atoms with Crippen LogP contribution in [-0.2, 0) is 22.6 Å². The van der Waals surface area contributed by atoms with E-state index in [2.05, 4.69) is 11.7 Å². The number of ether oxygens (including phenoxy) is 2. The van der Waals surface area contributed by atoms with Gasteiger partial charge in [0.2, 0.25) is 11.8 Å². The molecule has 2 heterocycles. The second-order valence-electron chi connectivity index (χ2n) is 5.73. The van der Waals surface area contributed by atoms with Crippen LogP contribution in [0.2, 0.25) is 0 Å². The van der Waals surface area contributed by atoms with Gasteiger partial charge >= 0.3 is 0 Å². The molecule has 1 aliphatic rings. The molecular weight excluding hydrogens is 294 g/mol. The van der Waals surface area contributed by atoms with Crippen LogP contribution in [0, 0.1) is 0 Å². The predicted octanol–water partition coefficient (Wildman–Crippen LogP) is 2.16. The van der Waals surface area contributed by atoms with E-state index in [1.807, 2.05) is 37.6 Å². The maximum Gasteiger partial charge on any atom is 0.248 e. The quantitative estimate of drug-likeness (QED) is 0.723. The van der Waals surface area contributed by atoms with Crippen molar-refractivity contribution in [2.24, 2.45) is 0 Å². The number of rotatable bonds is 7. The molecule has 126 valence electrons. The fourth-order valence-electron chi connectivity index (χ4n) is 2.27. The van der Waals surface area contributed by atoms with Gasteiger partial charge in [-0.3, -0.25) is 9.48 Å². The first kappa shape index (κ1) is 17.3. The van der Waals surface area contributed by atoms with Gasteiger partial charge in [-0.05, 0) is 26.3 Å². The number of hydrogen-bond donors (Lipinski definition) is 0. The molecule has 2 rings (SSSR count). The van der Waals surface area contributed by atoms with E-state index >= 15 is 0 Å². The lowest BCUT2D eigenvalue weighted by molar-refractivity contribution is -0.139. The van der Waals surface area contributed by atoms with Gasteiger partial charge in [-0.2, -0.15) is 0 Å². The normalized spacial score (nSPS) is 14.8. The lowest BCUT2D eigenvalue weighted by atomic mass is 10.3. The number of amides is 1. The maximum atomic E-state index is 12.1. The third-order valence-electron chi connectivity index (χ3n) is 3.69. The summed E-state index contributed by atoms with van der Waals surface area (Å²) in [6.45, 7) is 11.9. The van der Waals surface area contributed by atoms with Crippen molar-refractivity contribution in [3.8, 4) is 5.88 Å². The summed E-state index contributed by atoms with van der Waals surface area (Å²) in [5.41, 5.74) is 1.99. The van der Waals surface area contributed by atoms with E-state index in [9.17, 15) is 4.79 Å². The third kappa shape index (κ3) is 4.69. The van der Waals surface area contributed by atoms with Crippen molar-refractivity contribution in [3.05, 3.63) is 36.1 Å². The predicted molar refractivity (Wildman–Crippen MR) is 88.2 cm³/mol. The van der Waals surface area contributed by atoms with Crippen molar-refractivity contribution in [2.45, 2.75) is 40.0 Å². The Balaban J connectivity index is 1.93. The van der Waals surface area contributed by atoms with Gasteiger partial charge in [0.05, 0.1) is 24.9 Å². The second kappa shape index (κ2) is 7.97. The Bertz CT molecular complexity index is 590. The van der Waals surface area contributed by atoms with Gasteiger partial charge in [0, 0.05) is 12.6 Å². The van der Waals surface area contributed by atoms with Crippen molar-refractivity contribution in [2.75, 3.05) is 19.8 Å². The average molecular weight is 319 g/mol. The van der Waals surface area contributed by atoms with E-state index in [1.54, 1.807) is 11.0 Å². The fourth-order valence-corrected chi connectivity index (χ4v) is 2.27. The Labute approximate surface area is 137 Å². The molecule has 1 aromatic rings. The van der Waals surface area contributed by atoms with E-state index in [-0.39, 0.29) is 18.6 Å². The Morgan fingerprint density at radius 1 is 1.43 bits per heavy atom. The Morgan fingerprint density at radius 3 is 2.87 bits per heavy atom. The summed E-state index contributed by atoms with van der Waals surface area (Å²) in [4.78, 5) is 13.9. The smallest absolute Gasteiger partial charge is 0.248 e. The highest BCUT2D eigenvalue weighted by atomic mass is 16.5. The number of carbonyl (C=O) groups is 1. The van der Waals surface area contributed by atoms with Crippen LogP contribution in [0.1, 0.15) is 26.5 Å². The molecule has 1 amide bonds. The van der Waals surface area contributed by atoms with E-state index in [0.717, 1.165) is 11.3 Å². The van der Waals surface area contributed by atoms with Crippen LogP contribution in [0.25, 0.3) is 0 Å². The molecule has 0 saturated heterocycles. The largest absolute Gasteiger partial charge is 0.472 e. The van der Waals surface area contributed by atoms with Gasteiger partial charge < -0.3 is 14.4 Å². The first-order valence-electron chi connectivity index (χ1n) is 7.90. The number of aromatic nitrogens is 2. The van der Waals surface area contributed by atoms with Crippen LogP contribution in [0.4, 0.5) is 0 Å². The number of hydrogen-bond acceptors (Lipinski definition) is 4. The zero-order valence-electron chi connectivity index (χ0n) is 14.1. The molecule has 6 nitrogen and oxygen atoms in total. The average Bonchev–Trinajstić information content (AvgIpc) is 2.95. The van der Waals surface area contributed by atoms with Crippen molar-refractivity contribution in [3.63, 3.8) is 0 Å². The summed E-state index contributed by atoms with van der Waals surface area (Å²) in [5, 5.41) is 4.42. The summed E-state index contributed by atoms with van der Waals surface area (Å²) < 4.78 is 13.0. The molecule has 0 N–H and O–H groups in total. The van der Waals surface area contributed by atoms with Crippen molar-refractivity contribution >= 4 is 5.91 Å². The Morgan fingerprint density at radius 2 is 2.22 bits per heavy atom. The van der Waals surface area contributed by atoms with E-state index < -0.39 is 0 Å². The Hall–Kier alpha value is -2.08. The topological polar surface area (TPSA) is 56.6 Å². The minimum atomic E-state index is 0.0106. The highest BCUT2D eigenvalue weighted by molar-refractivity contribution is 5.77. The number of carbonyl (C=O) groups excluding carboxylic acids is 1. The van der Waals surface area contributed by atoms with Gasteiger partial charge in [0.1, 0.15) is 13.2 Å². The van der Waals surface area contributed by atoms with Gasteiger partial charge in [-0.15, -0.1) is 5.10 Å². The van der Waals surface area contributed by atoms with Crippen molar-refractivity contribution in [1.82, 2.24) is 14.7 Å². The van der Waals surface area contributed by atoms with Gasteiger partial charge in [-0.1, -0.05) is 18.7 Å². The molecule has 23 heavy (non-hydrogen) atoms. The summed E-state index contributed by atoms with van der Waals surface area (Å²) in [5.74, 6) is 0.588. The van der Waals surface area contributed by atoms with Crippen LogP contribution >= 0.6 is 0 Å². The summed E-state index contributed by atoms with van der Waals surface area (Å²) in [6, 6.07) is 1.89. The van der Waals surface area contributed by atoms with Crippen molar-refractivity contribution in [1.29, 1.82) is 0 Å². The molecule has 0 radical (unpaired) electrons. The minimum Gasteiger partial charge on any atom is -0.472 e. The van der Waals surface area contributed by atoms with Gasteiger partial charge in [-0.25, -0.2) is 0 Å². The summed E-state index contributed by atoms with van der Waals surface area (Å²) in [6.07, 6.45) is 3.78. The van der Waals surface area contributed by atoms with Crippen LogP contribution in [0.15, 0.2) is 30.4 Å². The number of allylic oxidation sites excluding steroid dienone is 1. The van der Waals surface area contributed by atoms with Gasteiger partial charge in [0.15, 0.2) is 0 Å². The zero-order chi connectivity index (χ0) is 16.8. The third-order valence-corrected chi connectivity index (χ3v) is 3.69. The monoisotopic (exact) mass is 319 g/mol. The van der Waals surface area contributed by atoms with Crippen LogP contribution in [0.3, 0.4) is 0 Å². The summed E-state index contributed by atoms with van der Waals surface area (Å²) in [7, 11) is 0. The molecule has 1 aromatic heterocycles. The van der Waals surface area contributed by atoms with E-state index in [1.165, 1.54) is 0 Å². The fraction of sp³-hybridized carbons (Fsp3) is 0.529. The molecule has 6 heteroatoms. The molecule has 0 spiro atoms. The highest BCUT2D eigenvalue weighted by Crippen LogP contribution is 2.19. The molecule has 1 aliphatic heterocycles. The lowest BCUT2D eigenvalue weighted by Gasteiger charge is -2.27. The molecular formula is C17H25N3O3. The highest BCUT2D eigenvalue weighted by Gasteiger charge is 2.23. The molecule has 0 aliphatic carbocycles. The number of fused-ring (bicyclic) bond motifs is 1. The molecule has 0 fully saturated rings. The lowest BCUT2D eigenvalue weighted by Crippen LogP contribution is -2.40. The maximum absolute atomic E-state index is 12.1. The SMILES string of the molecule is C=C/C(=C\C)COc1cc2n(n1)CCN(C(=O)COC(C)C)C2. The zero-order valence-corrected chi connectivity index (χ0v) is 14.1. The molecule has 0 atom stereocenters. The molecule has 0 aromatic carbocycles. The first-order chi connectivity index (χ1) is 11.0. The number of nitrogens with zero attached hydrogens (tertiary/aromatic N) is 3. The van der Waals surface area contributed by atoms with Crippen LogP contribution in [0.5, 0.6) is 5.88 Å². The van der Waals surface area contributed by atoms with Gasteiger partial charge in [0.25, 0.3) is 0 Å². The molecule has 0 saturated carbocycles. The van der Waals surface area contributed by atoms with E-state index in [0.29, 0.717) is 32.1 Å². The van der Waals surface area contributed by atoms with Crippen LogP contribution in [-0.4, -0.2) is 46.5 Å². The van der Waals surface area contributed by atoms with E-state index in [4.69, 9.17) is 9.47 Å². The minimum absolute atomic E-state index is 0.0106. The molecule has 0 bridgehead atoms. The first-order valence-corrected chi connectivity index (χ1v) is 7.90.